The normalized spacial score (nSPS) is 11.7. The van der Waals surface area contributed by atoms with E-state index in [1.54, 1.807) is 11.3 Å². The zero-order valence-corrected chi connectivity index (χ0v) is 29.7. The molecule has 0 aliphatic rings. The standard InChI is InChI=1S/C43H38N6S/c1-27(2)33-17-10-18-34(28(3)4)40(33)48-26-44-47-42(48)30-13-9-16-32(25-30)49(31-14-7-6-8-15-31)39-22-12-21-38(46-39)37-20-11-19-35-36-24-23-29(5)45-43(36)50-41(35)37/h6-28H,1-5H3. The first kappa shape index (κ1) is 31.6. The number of aryl methyl sites for hydroxylation is 1. The minimum Gasteiger partial charge on any atom is -0.295 e. The molecule has 0 amide bonds. The average Bonchev–Trinajstić information content (AvgIpc) is 3.77. The predicted molar refractivity (Wildman–Crippen MR) is 208 cm³/mol. The zero-order valence-electron chi connectivity index (χ0n) is 28.9. The van der Waals surface area contributed by atoms with Crippen LogP contribution < -0.4 is 4.90 Å². The van der Waals surface area contributed by atoms with E-state index in [4.69, 9.17) is 15.1 Å². The van der Waals surface area contributed by atoms with Crippen LogP contribution in [-0.2, 0) is 0 Å². The highest BCUT2D eigenvalue weighted by Crippen LogP contribution is 2.41. The van der Waals surface area contributed by atoms with E-state index in [1.165, 1.54) is 26.6 Å². The molecule has 0 saturated heterocycles. The second-order valence-corrected chi connectivity index (χ2v) is 14.3. The third-order valence-corrected chi connectivity index (χ3v) is 10.4. The van der Waals surface area contributed by atoms with Gasteiger partial charge in [-0.05, 0) is 78.4 Å². The van der Waals surface area contributed by atoms with Crippen molar-refractivity contribution in [2.75, 3.05) is 4.90 Å². The molecule has 4 aromatic carbocycles. The highest BCUT2D eigenvalue weighted by Gasteiger charge is 2.21. The number of pyridine rings is 2. The molecule has 7 heteroatoms. The first-order valence-electron chi connectivity index (χ1n) is 17.1. The van der Waals surface area contributed by atoms with Crippen molar-refractivity contribution in [2.45, 2.75) is 46.5 Å². The summed E-state index contributed by atoms with van der Waals surface area (Å²) >= 11 is 1.73. The lowest BCUT2D eigenvalue weighted by Gasteiger charge is -2.25. The van der Waals surface area contributed by atoms with Gasteiger partial charge in [0.1, 0.15) is 17.0 Å². The van der Waals surface area contributed by atoms with E-state index in [0.717, 1.165) is 56.0 Å². The van der Waals surface area contributed by atoms with E-state index in [-0.39, 0.29) is 0 Å². The maximum atomic E-state index is 5.33. The number of anilines is 3. The van der Waals surface area contributed by atoms with Crippen LogP contribution in [0, 0.1) is 6.92 Å². The summed E-state index contributed by atoms with van der Waals surface area (Å²) < 4.78 is 3.36. The minimum atomic E-state index is 0.344. The summed E-state index contributed by atoms with van der Waals surface area (Å²) in [4.78, 5) is 13.4. The Labute approximate surface area is 296 Å². The molecular weight excluding hydrogens is 633 g/mol. The van der Waals surface area contributed by atoms with Gasteiger partial charge in [-0.15, -0.1) is 21.5 Å². The molecule has 0 aliphatic carbocycles. The maximum absolute atomic E-state index is 5.33. The van der Waals surface area contributed by atoms with Gasteiger partial charge in [-0.3, -0.25) is 9.47 Å². The Kier molecular flexibility index (Phi) is 8.21. The maximum Gasteiger partial charge on any atom is 0.168 e. The van der Waals surface area contributed by atoms with E-state index < -0.39 is 0 Å². The summed E-state index contributed by atoms with van der Waals surface area (Å²) in [6.45, 7) is 11.0. The number of nitrogens with zero attached hydrogens (tertiary/aromatic N) is 6. The van der Waals surface area contributed by atoms with Gasteiger partial charge in [0.2, 0.25) is 0 Å². The van der Waals surface area contributed by atoms with Crippen molar-refractivity contribution in [3.05, 3.63) is 144 Å². The SMILES string of the molecule is Cc1ccc2c(n1)sc1c(-c3cccc(N(c4ccccc4)c4cccc(-c5nncn5-c5c(C(C)C)cccc5C(C)C)c4)n3)cccc12. The molecule has 246 valence electrons. The Morgan fingerprint density at radius 2 is 1.38 bits per heavy atom. The summed E-state index contributed by atoms with van der Waals surface area (Å²) in [5, 5.41) is 11.5. The first-order chi connectivity index (χ1) is 24.4. The second-order valence-electron chi connectivity index (χ2n) is 13.3. The molecule has 6 nitrogen and oxygen atoms in total. The Hall–Kier alpha value is -5.66. The number of hydrogen-bond acceptors (Lipinski definition) is 6. The number of rotatable bonds is 8. The quantitative estimate of drug-likeness (QED) is 0.161. The molecule has 0 aliphatic heterocycles. The molecule has 0 fully saturated rings. The molecule has 0 saturated carbocycles. The molecule has 4 heterocycles. The van der Waals surface area contributed by atoms with Crippen LogP contribution in [0.1, 0.15) is 56.4 Å². The molecule has 0 unspecified atom stereocenters. The number of benzene rings is 4. The molecular formula is C43H38N6S. The molecule has 8 aromatic rings. The molecule has 0 radical (unpaired) electrons. The Bertz CT molecular complexity index is 2450. The van der Waals surface area contributed by atoms with E-state index in [2.05, 4.69) is 158 Å². The number of aromatic nitrogens is 5. The third-order valence-electron chi connectivity index (χ3n) is 9.25. The van der Waals surface area contributed by atoms with E-state index in [9.17, 15) is 0 Å². The van der Waals surface area contributed by atoms with Crippen LogP contribution in [0.25, 0.3) is 48.6 Å². The Balaban J connectivity index is 1.26. The van der Waals surface area contributed by atoms with Gasteiger partial charge < -0.3 is 0 Å². The molecule has 0 bridgehead atoms. The highest BCUT2D eigenvalue weighted by atomic mass is 32.1. The molecule has 0 N–H and O–H groups in total. The van der Waals surface area contributed by atoms with Gasteiger partial charge >= 0.3 is 0 Å². The van der Waals surface area contributed by atoms with Crippen LogP contribution in [0.5, 0.6) is 0 Å². The van der Waals surface area contributed by atoms with Crippen LogP contribution in [0.2, 0.25) is 0 Å². The number of hydrogen-bond donors (Lipinski definition) is 0. The zero-order chi connectivity index (χ0) is 34.4. The number of fused-ring (bicyclic) bond motifs is 3. The molecule has 8 rings (SSSR count). The fourth-order valence-corrected chi connectivity index (χ4v) is 8.07. The van der Waals surface area contributed by atoms with Crippen molar-refractivity contribution >= 4 is 48.8 Å². The van der Waals surface area contributed by atoms with E-state index in [0.29, 0.717) is 11.8 Å². The smallest absolute Gasteiger partial charge is 0.168 e. The van der Waals surface area contributed by atoms with Gasteiger partial charge in [-0.25, -0.2) is 9.97 Å². The summed E-state index contributed by atoms with van der Waals surface area (Å²) in [6.07, 6.45) is 1.85. The Morgan fingerprint density at radius 3 is 2.16 bits per heavy atom. The topological polar surface area (TPSA) is 59.7 Å². The van der Waals surface area contributed by atoms with Crippen molar-refractivity contribution in [1.82, 2.24) is 24.7 Å². The van der Waals surface area contributed by atoms with Crippen LogP contribution in [0.3, 0.4) is 0 Å². The van der Waals surface area contributed by atoms with Gasteiger partial charge in [-0.2, -0.15) is 0 Å². The summed E-state index contributed by atoms with van der Waals surface area (Å²) in [6, 6.07) is 42.6. The second kappa shape index (κ2) is 13.0. The summed E-state index contributed by atoms with van der Waals surface area (Å²) in [7, 11) is 0. The van der Waals surface area contributed by atoms with Crippen LogP contribution in [-0.4, -0.2) is 24.7 Å². The fraction of sp³-hybridized carbons (Fsp3) is 0.163. The molecule has 0 spiro atoms. The summed E-state index contributed by atoms with van der Waals surface area (Å²) in [5.41, 5.74) is 9.73. The van der Waals surface area contributed by atoms with Crippen LogP contribution >= 0.6 is 11.3 Å². The first-order valence-corrected chi connectivity index (χ1v) is 17.9. The largest absolute Gasteiger partial charge is 0.295 e. The van der Waals surface area contributed by atoms with Gasteiger partial charge in [0.05, 0.1) is 11.4 Å². The fourth-order valence-electron chi connectivity index (χ4n) is 6.83. The van der Waals surface area contributed by atoms with Crippen molar-refractivity contribution in [3.63, 3.8) is 0 Å². The minimum absolute atomic E-state index is 0.344. The Morgan fingerprint density at radius 1 is 0.660 bits per heavy atom. The number of thiophene rings is 1. The van der Waals surface area contributed by atoms with Crippen LogP contribution in [0.15, 0.2) is 128 Å². The lowest BCUT2D eigenvalue weighted by Crippen LogP contribution is -2.12. The third kappa shape index (κ3) is 5.63. The molecule has 0 atom stereocenters. The van der Waals surface area contributed by atoms with Gasteiger partial charge in [0.25, 0.3) is 0 Å². The van der Waals surface area contributed by atoms with E-state index in [1.807, 2.05) is 19.3 Å². The lowest BCUT2D eigenvalue weighted by molar-refractivity contribution is 0.806. The number of para-hydroxylation sites is 2. The predicted octanol–water partition coefficient (Wildman–Crippen LogP) is 11.8. The van der Waals surface area contributed by atoms with Crippen molar-refractivity contribution in [2.24, 2.45) is 0 Å². The van der Waals surface area contributed by atoms with Gasteiger partial charge in [-0.1, -0.05) is 100 Å². The van der Waals surface area contributed by atoms with Crippen molar-refractivity contribution in [1.29, 1.82) is 0 Å². The molecule has 4 aromatic heterocycles. The lowest BCUT2D eigenvalue weighted by atomic mass is 9.92. The molecule has 50 heavy (non-hydrogen) atoms. The van der Waals surface area contributed by atoms with Crippen molar-refractivity contribution in [3.8, 4) is 28.3 Å². The van der Waals surface area contributed by atoms with Gasteiger partial charge in [0.15, 0.2) is 5.82 Å². The van der Waals surface area contributed by atoms with Crippen molar-refractivity contribution < 1.29 is 0 Å². The van der Waals surface area contributed by atoms with E-state index >= 15 is 0 Å². The summed E-state index contributed by atoms with van der Waals surface area (Å²) in [5.74, 6) is 2.32. The highest BCUT2D eigenvalue weighted by molar-refractivity contribution is 7.26. The van der Waals surface area contributed by atoms with Crippen LogP contribution in [0.4, 0.5) is 17.2 Å². The van der Waals surface area contributed by atoms with Gasteiger partial charge in [0, 0.05) is 43.7 Å². The monoisotopic (exact) mass is 670 g/mol. The average molecular weight is 671 g/mol.